The standard InChI is InChI=1S/C27H33N5O3/c1-7-21-25(30-24-19-12-10-9-11-18(19)14-22(24)35-17(4)33)27(34)32(8-2)26(29-21)20-15-28-23(31(5)6)13-16(20)3/h9-13,15,22,24,30H,7-8,14H2,1-6H3. The first-order chi connectivity index (χ1) is 16.7. The first-order valence-corrected chi connectivity index (χ1v) is 12.0. The lowest BCUT2D eigenvalue weighted by atomic mass is 10.1. The van der Waals surface area contributed by atoms with Crippen LogP contribution in [0.3, 0.4) is 0 Å². The Bertz CT molecular complexity index is 1310. The van der Waals surface area contributed by atoms with E-state index in [0.29, 0.717) is 36.6 Å². The predicted molar refractivity (Wildman–Crippen MR) is 138 cm³/mol. The molecule has 2 aromatic heterocycles. The van der Waals surface area contributed by atoms with Crippen molar-refractivity contribution in [3.05, 3.63) is 69.3 Å². The van der Waals surface area contributed by atoms with Gasteiger partial charge in [0.1, 0.15) is 23.4 Å². The molecule has 2 atom stereocenters. The van der Waals surface area contributed by atoms with Crippen LogP contribution in [0.4, 0.5) is 11.5 Å². The monoisotopic (exact) mass is 475 g/mol. The summed E-state index contributed by atoms with van der Waals surface area (Å²) in [6, 6.07) is 9.66. The fourth-order valence-corrected chi connectivity index (χ4v) is 4.73. The number of ether oxygens (including phenoxy) is 1. The summed E-state index contributed by atoms with van der Waals surface area (Å²) in [5, 5.41) is 3.44. The fourth-order valence-electron chi connectivity index (χ4n) is 4.73. The molecular formula is C27H33N5O3. The van der Waals surface area contributed by atoms with Crippen LogP contribution in [-0.4, -0.2) is 40.7 Å². The highest BCUT2D eigenvalue weighted by Gasteiger charge is 2.36. The van der Waals surface area contributed by atoms with E-state index < -0.39 is 6.10 Å². The highest BCUT2D eigenvalue weighted by atomic mass is 16.5. The van der Waals surface area contributed by atoms with Gasteiger partial charge >= 0.3 is 5.97 Å². The number of aromatic nitrogens is 3. The fraction of sp³-hybridized carbons (Fsp3) is 0.407. The second-order valence-electron chi connectivity index (χ2n) is 9.08. The summed E-state index contributed by atoms with van der Waals surface area (Å²) < 4.78 is 7.33. The topological polar surface area (TPSA) is 89.3 Å². The quantitative estimate of drug-likeness (QED) is 0.518. The minimum atomic E-state index is -0.395. The molecule has 0 amide bonds. The van der Waals surface area contributed by atoms with Gasteiger partial charge in [-0.15, -0.1) is 0 Å². The second-order valence-corrected chi connectivity index (χ2v) is 9.08. The molecule has 184 valence electrons. The summed E-state index contributed by atoms with van der Waals surface area (Å²) in [5.74, 6) is 1.12. The number of esters is 1. The van der Waals surface area contributed by atoms with E-state index in [0.717, 1.165) is 28.1 Å². The smallest absolute Gasteiger partial charge is 0.302 e. The van der Waals surface area contributed by atoms with Gasteiger partial charge < -0.3 is 15.0 Å². The first-order valence-electron chi connectivity index (χ1n) is 12.0. The highest BCUT2D eigenvalue weighted by molar-refractivity contribution is 5.67. The van der Waals surface area contributed by atoms with Crippen LogP contribution < -0.4 is 15.8 Å². The average Bonchev–Trinajstić information content (AvgIpc) is 3.16. The van der Waals surface area contributed by atoms with Crippen molar-refractivity contribution in [1.82, 2.24) is 14.5 Å². The SMILES string of the molecule is CCc1nc(-c2cnc(N(C)C)cc2C)n(CC)c(=O)c1NC1c2ccccc2CC1OC(C)=O. The van der Waals surface area contributed by atoms with Gasteiger partial charge in [0, 0.05) is 45.7 Å². The Balaban J connectivity index is 1.81. The van der Waals surface area contributed by atoms with Gasteiger partial charge in [-0.2, -0.15) is 0 Å². The van der Waals surface area contributed by atoms with Gasteiger partial charge in [-0.1, -0.05) is 31.2 Å². The molecule has 0 aliphatic heterocycles. The number of hydrogen-bond acceptors (Lipinski definition) is 7. The number of aryl methyl sites for hydroxylation is 2. The maximum atomic E-state index is 13.8. The number of nitrogens with one attached hydrogen (secondary N) is 1. The number of fused-ring (bicyclic) bond motifs is 1. The molecule has 1 aromatic carbocycles. The molecule has 4 rings (SSSR count). The van der Waals surface area contributed by atoms with Crippen LogP contribution in [0.15, 0.2) is 41.3 Å². The number of anilines is 2. The molecule has 0 radical (unpaired) electrons. The molecule has 2 heterocycles. The minimum Gasteiger partial charge on any atom is -0.460 e. The predicted octanol–water partition coefficient (Wildman–Crippen LogP) is 3.90. The zero-order chi connectivity index (χ0) is 25.3. The van der Waals surface area contributed by atoms with Crippen molar-refractivity contribution in [3.8, 4) is 11.4 Å². The molecule has 1 aliphatic rings. The van der Waals surface area contributed by atoms with Crippen LogP contribution in [0.2, 0.25) is 0 Å². The van der Waals surface area contributed by atoms with E-state index in [2.05, 4.69) is 10.3 Å². The Labute approximate surface area is 206 Å². The summed E-state index contributed by atoms with van der Waals surface area (Å²) >= 11 is 0. The molecule has 8 nitrogen and oxygen atoms in total. The normalized spacial score (nSPS) is 16.6. The Morgan fingerprint density at radius 2 is 2.00 bits per heavy atom. The Morgan fingerprint density at radius 3 is 2.63 bits per heavy atom. The molecular weight excluding hydrogens is 442 g/mol. The zero-order valence-electron chi connectivity index (χ0n) is 21.3. The molecule has 1 N–H and O–H groups in total. The Hall–Kier alpha value is -3.68. The van der Waals surface area contributed by atoms with Gasteiger partial charge in [0.2, 0.25) is 0 Å². The van der Waals surface area contributed by atoms with Crippen molar-refractivity contribution in [1.29, 1.82) is 0 Å². The maximum absolute atomic E-state index is 13.8. The van der Waals surface area contributed by atoms with E-state index in [1.807, 2.05) is 70.1 Å². The Morgan fingerprint density at radius 1 is 1.26 bits per heavy atom. The van der Waals surface area contributed by atoms with Crippen LogP contribution in [0, 0.1) is 6.92 Å². The largest absolute Gasteiger partial charge is 0.460 e. The molecule has 0 saturated heterocycles. The van der Waals surface area contributed by atoms with Gasteiger partial charge in [-0.25, -0.2) is 9.97 Å². The third-order valence-corrected chi connectivity index (χ3v) is 6.49. The molecule has 35 heavy (non-hydrogen) atoms. The molecule has 2 unspecified atom stereocenters. The highest BCUT2D eigenvalue weighted by Crippen LogP contribution is 2.36. The number of nitrogens with zero attached hydrogens (tertiary/aromatic N) is 4. The van der Waals surface area contributed by atoms with Crippen molar-refractivity contribution < 1.29 is 9.53 Å². The summed E-state index contributed by atoms with van der Waals surface area (Å²) in [7, 11) is 3.89. The molecule has 0 bridgehead atoms. The molecule has 0 spiro atoms. The number of hydrogen-bond donors (Lipinski definition) is 1. The third-order valence-electron chi connectivity index (χ3n) is 6.49. The van der Waals surface area contributed by atoms with Crippen molar-refractivity contribution >= 4 is 17.5 Å². The van der Waals surface area contributed by atoms with Gasteiger partial charge in [0.25, 0.3) is 5.56 Å². The van der Waals surface area contributed by atoms with E-state index in [1.54, 1.807) is 10.8 Å². The molecule has 0 fully saturated rings. The first kappa shape index (κ1) is 24.4. The minimum absolute atomic E-state index is 0.142. The summed E-state index contributed by atoms with van der Waals surface area (Å²) in [6.45, 7) is 7.80. The van der Waals surface area contributed by atoms with Crippen LogP contribution in [0.25, 0.3) is 11.4 Å². The van der Waals surface area contributed by atoms with Gasteiger partial charge in [0.15, 0.2) is 0 Å². The molecule has 8 heteroatoms. The summed E-state index contributed by atoms with van der Waals surface area (Å²) in [6.07, 6.45) is 2.57. The van der Waals surface area contributed by atoms with Crippen molar-refractivity contribution in [2.24, 2.45) is 0 Å². The number of pyridine rings is 1. The van der Waals surface area contributed by atoms with Crippen LogP contribution in [-0.2, 0) is 28.9 Å². The van der Waals surface area contributed by atoms with E-state index in [-0.39, 0.29) is 17.6 Å². The zero-order valence-corrected chi connectivity index (χ0v) is 21.3. The van der Waals surface area contributed by atoms with Gasteiger partial charge in [0.05, 0.1) is 11.7 Å². The van der Waals surface area contributed by atoms with Crippen molar-refractivity contribution in [2.45, 2.75) is 59.2 Å². The van der Waals surface area contributed by atoms with Crippen LogP contribution in [0.1, 0.15) is 49.2 Å². The van der Waals surface area contributed by atoms with E-state index in [9.17, 15) is 9.59 Å². The van der Waals surface area contributed by atoms with Crippen molar-refractivity contribution in [3.63, 3.8) is 0 Å². The molecule has 0 saturated carbocycles. The van der Waals surface area contributed by atoms with Gasteiger partial charge in [-0.3, -0.25) is 14.2 Å². The second kappa shape index (κ2) is 9.90. The van der Waals surface area contributed by atoms with E-state index in [4.69, 9.17) is 9.72 Å². The summed E-state index contributed by atoms with van der Waals surface area (Å²) in [4.78, 5) is 37.1. The number of rotatable bonds is 7. The molecule has 1 aliphatic carbocycles. The Kier molecular flexibility index (Phi) is 6.91. The van der Waals surface area contributed by atoms with Crippen LogP contribution >= 0.6 is 0 Å². The maximum Gasteiger partial charge on any atom is 0.302 e. The lowest BCUT2D eigenvalue weighted by Gasteiger charge is -2.25. The number of carbonyl (C=O) groups excluding carboxylic acids is 1. The average molecular weight is 476 g/mol. The lowest BCUT2D eigenvalue weighted by molar-refractivity contribution is -0.146. The van der Waals surface area contributed by atoms with Crippen LogP contribution in [0.5, 0.6) is 0 Å². The molecule has 3 aromatic rings. The van der Waals surface area contributed by atoms with Crippen molar-refractivity contribution in [2.75, 3.05) is 24.3 Å². The summed E-state index contributed by atoms with van der Waals surface area (Å²) in [5.41, 5.74) is 4.96. The van der Waals surface area contributed by atoms with E-state index >= 15 is 0 Å². The number of carbonyl (C=O) groups is 1. The third kappa shape index (κ3) is 4.65. The van der Waals surface area contributed by atoms with Gasteiger partial charge in [-0.05, 0) is 43.0 Å². The number of benzene rings is 1. The lowest BCUT2D eigenvalue weighted by Crippen LogP contribution is -2.33. The van der Waals surface area contributed by atoms with E-state index in [1.165, 1.54) is 6.92 Å².